The molecule has 1 atom stereocenters. The monoisotopic (exact) mass is 343 g/mol. The molecule has 20 heavy (non-hydrogen) atoms. The molecule has 0 aromatic heterocycles. The van der Waals surface area contributed by atoms with E-state index in [2.05, 4.69) is 29.8 Å². The van der Waals surface area contributed by atoms with Crippen LogP contribution in [0.3, 0.4) is 0 Å². The number of alkyl halides is 1. The molecule has 1 aromatic rings. The summed E-state index contributed by atoms with van der Waals surface area (Å²) in [6.45, 7) is 5.17. The predicted octanol–water partition coefficient (Wildman–Crippen LogP) is 3.72. The molecule has 1 unspecified atom stereocenters. The SMILES string of the molecule is CC(C)CC(Br)Cc1cc2c(cc1[N+](=O)[O-])OCCO2. The number of fused-ring (bicyclic) bond motifs is 1. The minimum Gasteiger partial charge on any atom is -0.486 e. The molecule has 0 bridgehead atoms. The van der Waals surface area contributed by atoms with Gasteiger partial charge in [-0.2, -0.15) is 0 Å². The first-order valence-corrected chi connectivity index (χ1v) is 7.60. The Morgan fingerprint density at radius 1 is 1.30 bits per heavy atom. The van der Waals surface area contributed by atoms with Crippen LogP contribution in [0.4, 0.5) is 5.69 Å². The number of halogens is 1. The van der Waals surface area contributed by atoms with Crippen LogP contribution >= 0.6 is 15.9 Å². The molecule has 0 saturated carbocycles. The average molecular weight is 344 g/mol. The van der Waals surface area contributed by atoms with Gasteiger partial charge in [0, 0.05) is 10.4 Å². The highest BCUT2D eigenvalue weighted by Gasteiger charge is 2.23. The molecular weight excluding hydrogens is 326 g/mol. The van der Waals surface area contributed by atoms with Gasteiger partial charge in [0.15, 0.2) is 11.5 Å². The molecule has 0 N–H and O–H groups in total. The molecule has 1 heterocycles. The zero-order valence-electron chi connectivity index (χ0n) is 11.6. The quantitative estimate of drug-likeness (QED) is 0.464. The van der Waals surface area contributed by atoms with Crippen molar-refractivity contribution in [1.29, 1.82) is 0 Å². The number of rotatable bonds is 5. The number of hydrogen-bond acceptors (Lipinski definition) is 4. The lowest BCUT2D eigenvalue weighted by Crippen LogP contribution is -2.16. The van der Waals surface area contributed by atoms with E-state index in [9.17, 15) is 10.1 Å². The zero-order chi connectivity index (χ0) is 14.7. The fourth-order valence-corrected chi connectivity index (χ4v) is 3.38. The van der Waals surface area contributed by atoms with E-state index in [1.54, 1.807) is 6.07 Å². The Balaban J connectivity index is 2.28. The molecular formula is C14H18BrNO4. The third-order valence-electron chi connectivity index (χ3n) is 3.11. The smallest absolute Gasteiger partial charge is 0.276 e. The van der Waals surface area contributed by atoms with E-state index in [1.807, 2.05) is 0 Å². The topological polar surface area (TPSA) is 61.6 Å². The number of nitro groups is 1. The number of nitro benzene ring substituents is 1. The maximum atomic E-state index is 11.2. The highest BCUT2D eigenvalue weighted by atomic mass is 79.9. The van der Waals surface area contributed by atoms with Gasteiger partial charge in [0.25, 0.3) is 5.69 Å². The average Bonchev–Trinajstić information content (AvgIpc) is 2.36. The van der Waals surface area contributed by atoms with E-state index in [4.69, 9.17) is 9.47 Å². The first kappa shape index (κ1) is 15.1. The highest BCUT2D eigenvalue weighted by molar-refractivity contribution is 9.09. The highest BCUT2D eigenvalue weighted by Crippen LogP contribution is 2.37. The van der Waals surface area contributed by atoms with Gasteiger partial charge in [-0.05, 0) is 24.8 Å². The van der Waals surface area contributed by atoms with Gasteiger partial charge < -0.3 is 9.47 Å². The van der Waals surface area contributed by atoms with Crippen molar-refractivity contribution in [1.82, 2.24) is 0 Å². The molecule has 0 aliphatic carbocycles. The lowest BCUT2D eigenvalue weighted by Gasteiger charge is -2.20. The lowest BCUT2D eigenvalue weighted by molar-refractivity contribution is -0.385. The van der Waals surface area contributed by atoms with Crippen molar-refractivity contribution in [2.75, 3.05) is 13.2 Å². The zero-order valence-corrected chi connectivity index (χ0v) is 13.2. The van der Waals surface area contributed by atoms with E-state index < -0.39 is 0 Å². The number of hydrogen-bond donors (Lipinski definition) is 0. The Bertz CT molecular complexity index is 504. The standard InChI is InChI=1S/C14H18BrNO4/c1-9(2)5-11(15)6-10-7-13-14(20-4-3-19-13)8-12(10)16(17)18/h7-9,11H,3-6H2,1-2H3. The fourth-order valence-electron chi connectivity index (χ4n) is 2.29. The van der Waals surface area contributed by atoms with E-state index in [0.717, 1.165) is 6.42 Å². The molecule has 1 aliphatic heterocycles. The van der Waals surface area contributed by atoms with E-state index in [0.29, 0.717) is 42.6 Å². The maximum Gasteiger partial charge on any atom is 0.276 e. The van der Waals surface area contributed by atoms with Crippen LogP contribution in [0, 0.1) is 16.0 Å². The second-order valence-electron chi connectivity index (χ2n) is 5.31. The molecule has 1 aliphatic rings. The Labute approximate surface area is 126 Å². The summed E-state index contributed by atoms with van der Waals surface area (Å²) in [6.07, 6.45) is 1.57. The molecule has 5 nitrogen and oxygen atoms in total. The van der Waals surface area contributed by atoms with E-state index >= 15 is 0 Å². The van der Waals surface area contributed by atoms with Crippen LogP contribution in [0.25, 0.3) is 0 Å². The third kappa shape index (κ3) is 3.62. The first-order chi connectivity index (χ1) is 9.47. The minimum atomic E-state index is -0.358. The Morgan fingerprint density at radius 2 is 1.90 bits per heavy atom. The second kappa shape index (κ2) is 6.43. The number of ether oxygens (including phenoxy) is 2. The summed E-state index contributed by atoms with van der Waals surface area (Å²) >= 11 is 3.60. The summed E-state index contributed by atoms with van der Waals surface area (Å²) in [5.74, 6) is 1.60. The molecule has 0 radical (unpaired) electrons. The Morgan fingerprint density at radius 3 is 2.45 bits per heavy atom. The Hall–Kier alpha value is -1.30. The predicted molar refractivity (Wildman–Crippen MR) is 80.0 cm³/mol. The van der Waals surface area contributed by atoms with Crippen molar-refractivity contribution in [3.63, 3.8) is 0 Å². The molecule has 0 fully saturated rings. The van der Waals surface area contributed by atoms with E-state index in [1.165, 1.54) is 6.07 Å². The van der Waals surface area contributed by atoms with Gasteiger partial charge in [-0.1, -0.05) is 29.8 Å². The van der Waals surface area contributed by atoms with Gasteiger partial charge in [-0.25, -0.2) is 0 Å². The van der Waals surface area contributed by atoms with Gasteiger partial charge in [-0.15, -0.1) is 0 Å². The second-order valence-corrected chi connectivity index (χ2v) is 6.61. The van der Waals surface area contributed by atoms with E-state index in [-0.39, 0.29) is 15.4 Å². The summed E-state index contributed by atoms with van der Waals surface area (Å²) in [7, 11) is 0. The van der Waals surface area contributed by atoms with Gasteiger partial charge in [0.2, 0.25) is 0 Å². The van der Waals surface area contributed by atoms with Crippen LogP contribution < -0.4 is 9.47 Å². The maximum absolute atomic E-state index is 11.2. The van der Waals surface area contributed by atoms with Gasteiger partial charge >= 0.3 is 0 Å². The van der Waals surface area contributed by atoms with Crippen molar-refractivity contribution < 1.29 is 14.4 Å². The van der Waals surface area contributed by atoms with Crippen molar-refractivity contribution in [2.24, 2.45) is 5.92 Å². The van der Waals surface area contributed by atoms with Gasteiger partial charge in [0.1, 0.15) is 13.2 Å². The lowest BCUT2D eigenvalue weighted by atomic mass is 10.0. The van der Waals surface area contributed by atoms with Crippen LogP contribution in [-0.2, 0) is 6.42 Å². The summed E-state index contributed by atoms with van der Waals surface area (Å²) < 4.78 is 10.9. The molecule has 110 valence electrons. The minimum absolute atomic E-state index is 0.0995. The molecule has 0 saturated heterocycles. The summed E-state index contributed by atoms with van der Waals surface area (Å²) in [5, 5.41) is 11.2. The Kier molecular flexibility index (Phi) is 4.86. The van der Waals surface area contributed by atoms with Crippen LogP contribution in [0.5, 0.6) is 11.5 Å². The molecule has 2 rings (SSSR count). The fraction of sp³-hybridized carbons (Fsp3) is 0.571. The summed E-state index contributed by atoms with van der Waals surface area (Å²) in [6, 6.07) is 3.21. The normalized spacial score (nSPS) is 15.2. The third-order valence-corrected chi connectivity index (χ3v) is 3.81. The molecule has 0 amide bonds. The van der Waals surface area contributed by atoms with Crippen molar-refractivity contribution in [3.8, 4) is 11.5 Å². The molecule has 1 aromatic carbocycles. The summed E-state index contributed by atoms with van der Waals surface area (Å²) in [4.78, 5) is 11.1. The van der Waals surface area contributed by atoms with Crippen LogP contribution in [0.1, 0.15) is 25.8 Å². The molecule has 0 spiro atoms. The van der Waals surface area contributed by atoms with Crippen LogP contribution in [0.2, 0.25) is 0 Å². The number of benzene rings is 1. The van der Waals surface area contributed by atoms with Crippen LogP contribution in [0.15, 0.2) is 12.1 Å². The van der Waals surface area contributed by atoms with Crippen molar-refractivity contribution >= 4 is 21.6 Å². The van der Waals surface area contributed by atoms with Crippen molar-refractivity contribution in [3.05, 3.63) is 27.8 Å². The van der Waals surface area contributed by atoms with Gasteiger partial charge in [0.05, 0.1) is 11.0 Å². The summed E-state index contributed by atoms with van der Waals surface area (Å²) in [5.41, 5.74) is 0.782. The first-order valence-electron chi connectivity index (χ1n) is 6.68. The largest absolute Gasteiger partial charge is 0.486 e. The van der Waals surface area contributed by atoms with Crippen molar-refractivity contribution in [2.45, 2.75) is 31.5 Å². The van der Waals surface area contributed by atoms with Crippen LogP contribution in [-0.4, -0.2) is 23.0 Å². The number of nitrogens with zero attached hydrogens (tertiary/aromatic N) is 1. The van der Waals surface area contributed by atoms with Gasteiger partial charge in [-0.3, -0.25) is 10.1 Å². The molecule has 6 heteroatoms.